The van der Waals surface area contributed by atoms with Gasteiger partial charge in [0.05, 0.1) is 17.3 Å². The Hall–Kier alpha value is -6.24. The van der Waals surface area contributed by atoms with Crippen molar-refractivity contribution in [2.24, 2.45) is 17.2 Å². The maximum absolute atomic E-state index is 14.7. The molecule has 1 aliphatic rings. The predicted molar refractivity (Wildman–Crippen MR) is 263 cm³/mol. The maximum atomic E-state index is 14.7. The Bertz CT molecular complexity index is 2440. The predicted octanol–water partition coefficient (Wildman–Crippen LogP) is 3.56. The van der Waals surface area contributed by atoms with Crippen LogP contribution in [0, 0.1) is 18.3 Å². The molecule has 0 aliphatic carbocycles. The number of hydrogen-bond acceptors (Lipinski definition) is 15. The van der Waals surface area contributed by atoms with Gasteiger partial charge in [-0.1, -0.05) is 65.6 Å². The summed E-state index contributed by atoms with van der Waals surface area (Å²) in [7, 11) is 4.96. The van der Waals surface area contributed by atoms with E-state index in [4.69, 9.17) is 26.7 Å². The molecule has 0 unspecified atom stereocenters. The van der Waals surface area contributed by atoms with Gasteiger partial charge in [0.2, 0.25) is 23.6 Å². The molecule has 5 amide bonds. The van der Waals surface area contributed by atoms with Crippen molar-refractivity contribution >= 4 is 51.1 Å². The number of rotatable bonds is 21. The zero-order chi connectivity index (χ0) is 49.2. The topological polar surface area (TPSA) is 283 Å². The van der Waals surface area contributed by atoms with Crippen LogP contribution in [0.3, 0.4) is 0 Å². The Morgan fingerprint density at radius 2 is 1.63 bits per heavy atom. The minimum atomic E-state index is -1.40. The minimum absolute atomic E-state index is 0.000891. The number of nitrogens with zero attached hydrogens (tertiary/aromatic N) is 4. The molecule has 20 heteroatoms. The third-order valence-corrected chi connectivity index (χ3v) is 13.4. The first kappa shape index (κ1) is 52.7. The standard InChI is InChI=1S/C48H61N11O7S2/c1-5-6-7-24-67-68-34-12-9-32(10-13-34)43-54-28-37(29(2)55-43)45(61)57-38(16-17-49)48(64)59(4)42-33-11-15-41(66-23-20-52)36(27-33)35-25-31(8-14-40(35)65-22-19-51)26-39(46(62)53-21-18-50)58-44(60)30(3)56-47(42)63/h8-15,25,27-28,30,38-39,42H,5-7,16-17,19-24,26,49,51-52H2,1-4H3,(H,53,62)(H,56,63)(H,57,61)(H,58,60)/t30-,38-,39-,42-/m0/s1. The molecule has 1 aliphatic heterocycles. The average molecular weight is 968 g/mol. The summed E-state index contributed by atoms with van der Waals surface area (Å²) in [4.78, 5) is 81.7. The number of aryl methyl sites for hydroxylation is 1. The number of nitriles is 1. The van der Waals surface area contributed by atoms with Crippen LogP contribution in [-0.4, -0.2) is 115 Å². The van der Waals surface area contributed by atoms with Gasteiger partial charge in [0.15, 0.2) is 5.82 Å². The van der Waals surface area contributed by atoms with E-state index in [1.165, 1.54) is 44.3 Å². The van der Waals surface area contributed by atoms with Crippen molar-refractivity contribution in [1.29, 1.82) is 5.26 Å². The average Bonchev–Trinajstić information content (AvgIpc) is 3.33. The van der Waals surface area contributed by atoms with E-state index in [2.05, 4.69) is 38.2 Å². The third-order valence-electron chi connectivity index (χ3n) is 10.9. The Morgan fingerprint density at radius 1 is 0.941 bits per heavy atom. The van der Waals surface area contributed by atoms with E-state index in [1.54, 1.807) is 54.1 Å². The van der Waals surface area contributed by atoms with Crippen molar-refractivity contribution in [2.45, 2.75) is 81.9 Å². The lowest BCUT2D eigenvalue weighted by atomic mass is 9.93. The van der Waals surface area contributed by atoms with Crippen LogP contribution in [0.5, 0.6) is 11.5 Å². The highest BCUT2D eigenvalue weighted by molar-refractivity contribution is 8.76. The monoisotopic (exact) mass is 967 g/mol. The van der Waals surface area contributed by atoms with Crippen molar-refractivity contribution in [3.63, 3.8) is 0 Å². The fourth-order valence-electron chi connectivity index (χ4n) is 7.37. The van der Waals surface area contributed by atoms with E-state index in [0.717, 1.165) is 16.2 Å². The Kier molecular flexibility index (Phi) is 20.4. The molecule has 362 valence electrons. The fourth-order valence-corrected chi connectivity index (χ4v) is 9.51. The number of carbonyl (C=O) groups excluding carboxylic acids is 5. The molecule has 5 rings (SSSR count). The lowest BCUT2D eigenvalue weighted by molar-refractivity contribution is -0.141. The van der Waals surface area contributed by atoms with Gasteiger partial charge in [-0.05, 0) is 80.8 Å². The van der Waals surface area contributed by atoms with Crippen LogP contribution < -0.4 is 47.9 Å². The van der Waals surface area contributed by atoms with Crippen molar-refractivity contribution in [1.82, 2.24) is 36.1 Å². The Balaban J connectivity index is 1.49. The van der Waals surface area contributed by atoms with Gasteiger partial charge in [-0.15, -0.1) is 0 Å². The molecule has 0 saturated heterocycles. The molecule has 3 aromatic carbocycles. The summed E-state index contributed by atoms with van der Waals surface area (Å²) < 4.78 is 12.2. The first-order chi connectivity index (χ1) is 32.8. The Labute approximate surface area is 405 Å². The first-order valence-corrected chi connectivity index (χ1v) is 24.8. The van der Waals surface area contributed by atoms with Crippen LogP contribution in [-0.2, 0) is 25.6 Å². The summed E-state index contributed by atoms with van der Waals surface area (Å²) in [6.07, 6.45) is 4.99. The summed E-state index contributed by atoms with van der Waals surface area (Å²) in [6.45, 7) is 5.68. The molecule has 0 saturated carbocycles. The molecule has 4 aromatic rings. The van der Waals surface area contributed by atoms with Crippen LogP contribution in [0.4, 0.5) is 0 Å². The van der Waals surface area contributed by atoms with E-state index >= 15 is 0 Å². The number of nitrogens with one attached hydrogen (secondary N) is 4. The van der Waals surface area contributed by atoms with Crippen LogP contribution in [0.15, 0.2) is 71.8 Å². The smallest absolute Gasteiger partial charge is 0.255 e. The number of amides is 5. The lowest BCUT2D eigenvalue weighted by Crippen LogP contribution is -2.56. The fraction of sp³-hybridized carbons (Fsp3) is 0.417. The van der Waals surface area contributed by atoms with Gasteiger partial charge in [-0.3, -0.25) is 24.0 Å². The zero-order valence-electron chi connectivity index (χ0n) is 38.8. The highest BCUT2D eigenvalue weighted by atomic mass is 33.1. The summed E-state index contributed by atoms with van der Waals surface area (Å²) in [6, 6.07) is 14.9. The number of aromatic nitrogens is 2. The van der Waals surface area contributed by atoms with Crippen LogP contribution in [0.2, 0.25) is 0 Å². The van der Waals surface area contributed by atoms with Gasteiger partial charge in [-0.2, -0.15) is 5.26 Å². The third kappa shape index (κ3) is 14.1. The molecular formula is C48H61N11O7S2. The van der Waals surface area contributed by atoms with Gasteiger partial charge in [0.1, 0.15) is 55.4 Å². The number of benzene rings is 3. The molecule has 18 nitrogen and oxygen atoms in total. The zero-order valence-corrected chi connectivity index (χ0v) is 40.5. The second-order valence-electron chi connectivity index (χ2n) is 16.0. The van der Waals surface area contributed by atoms with Gasteiger partial charge < -0.3 is 52.8 Å². The number of nitrogens with two attached hydrogens (primary N) is 3. The van der Waals surface area contributed by atoms with Crippen LogP contribution >= 0.6 is 21.6 Å². The number of hydrogen-bond donors (Lipinski definition) is 7. The SMILES string of the molecule is CCCCCSSc1ccc(-c2ncc(C(=O)N[C@@H](CCN)C(=O)N(C)[C@@H]3C(=O)N[C@@H](C)C(=O)N[C@H](C(=O)NCC#N)Cc4ccc(OCCN)c(c4)-c4cc3ccc4OCCN)c(C)n2)cc1. The molecule has 1 aromatic heterocycles. The van der Waals surface area contributed by atoms with Crippen molar-refractivity contribution in [2.75, 3.05) is 52.2 Å². The summed E-state index contributed by atoms with van der Waals surface area (Å²) in [5.41, 5.74) is 20.9. The number of likely N-dealkylation sites (N-methyl/N-ethyl adjacent to an activating group) is 1. The largest absolute Gasteiger partial charge is 0.492 e. The molecule has 0 spiro atoms. The minimum Gasteiger partial charge on any atom is -0.492 e. The van der Waals surface area contributed by atoms with E-state index in [0.29, 0.717) is 45.3 Å². The van der Waals surface area contributed by atoms with Gasteiger partial charge >= 0.3 is 0 Å². The number of unbranched alkanes of at least 4 members (excludes halogenated alkanes) is 2. The molecule has 10 N–H and O–H groups in total. The highest BCUT2D eigenvalue weighted by Crippen LogP contribution is 2.40. The molecular weight excluding hydrogens is 907 g/mol. The quantitative estimate of drug-likeness (QED) is 0.0357. The molecule has 0 fully saturated rings. The molecule has 0 radical (unpaired) electrons. The molecule has 2 heterocycles. The second-order valence-corrected chi connectivity index (χ2v) is 18.5. The summed E-state index contributed by atoms with van der Waals surface area (Å²) in [5, 5.41) is 19.9. The van der Waals surface area contributed by atoms with Crippen molar-refractivity contribution < 1.29 is 33.4 Å². The van der Waals surface area contributed by atoms with E-state index in [1.807, 2.05) is 41.1 Å². The van der Waals surface area contributed by atoms with Crippen molar-refractivity contribution in [3.05, 3.63) is 89.2 Å². The molecule has 4 bridgehead atoms. The lowest BCUT2D eigenvalue weighted by Gasteiger charge is -2.32. The van der Waals surface area contributed by atoms with E-state index in [-0.39, 0.29) is 57.8 Å². The van der Waals surface area contributed by atoms with Gasteiger partial charge in [-0.25, -0.2) is 9.97 Å². The summed E-state index contributed by atoms with van der Waals surface area (Å²) >= 11 is 0. The van der Waals surface area contributed by atoms with E-state index < -0.39 is 53.7 Å². The normalized spacial score (nSPS) is 16.2. The van der Waals surface area contributed by atoms with Crippen LogP contribution in [0.25, 0.3) is 22.5 Å². The van der Waals surface area contributed by atoms with E-state index in [9.17, 15) is 29.2 Å². The first-order valence-electron chi connectivity index (χ1n) is 22.5. The maximum Gasteiger partial charge on any atom is 0.255 e. The van der Waals surface area contributed by atoms with Crippen molar-refractivity contribution in [3.8, 4) is 40.1 Å². The van der Waals surface area contributed by atoms with Crippen LogP contribution in [0.1, 0.15) is 72.8 Å². The number of ether oxygens (including phenoxy) is 2. The number of fused-ring (bicyclic) bond motifs is 5. The van der Waals surface area contributed by atoms with Gasteiger partial charge in [0.25, 0.3) is 5.91 Å². The number of carbonyl (C=O) groups is 5. The Morgan fingerprint density at radius 3 is 2.28 bits per heavy atom. The summed E-state index contributed by atoms with van der Waals surface area (Å²) in [5.74, 6) is -1.07. The highest BCUT2D eigenvalue weighted by Gasteiger charge is 2.36. The molecule has 68 heavy (non-hydrogen) atoms. The van der Waals surface area contributed by atoms with Gasteiger partial charge in [0, 0.05) is 60.1 Å². The second kappa shape index (κ2) is 26.3. The molecule has 4 atom stereocenters.